The first-order valence-electron chi connectivity index (χ1n) is 15.7. The lowest BCUT2D eigenvalue weighted by atomic mass is 9.70. The van der Waals surface area contributed by atoms with Gasteiger partial charge in [0.25, 0.3) is 0 Å². The summed E-state index contributed by atoms with van der Waals surface area (Å²) < 4.78 is 7.02. The van der Waals surface area contributed by atoms with Gasteiger partial charge in [-0.25, -0.2) is 4.99 Å². The summed E-state index contributed by atoms with van der Waals surface area (Å²) in [5, 5.41) is 0. The van der Waals surface area contributed by atoms with Crippen LogP contribution in [0.15, 0.2) is 89.9 Å². The molecule has 4 aromatic carbocycles. The monoisotopic (exact) mass is 553 g/mol. The second kappa shape index (κ2) is 9.43. The zero-order valence-electron chi connectivity index (χ0n) is 26.2. The first-order valence-corrected chi connectivity index (χ1v) is 15.7. The van der Waals surface area contributed by atoms with Crippen LogP contribution in [0.4, 0.5) is 0 Å². The highest BCUT2D eigenvalue weighted by molar-refractivity contribution is 5.99. The van der Waals surface area contributed by atoms with Crippen LogP contribution in [0, 0.1) is 13.8 Å². The van der Waals surface area contributed by atoms with Gasteiger partial charge < -0.3 is 4.74 Å². The Bertz CT molecular complexity index is 1710. The largest absolute Gasteiger partial charge is 0.467 e. The van der Waals surface area contributed by atoms with Crippen LogP contribution in [0.1, 0.15) is 115 Å². The minimum Gasteiger partial charge on any atom is -0.467 e. The number of nitrogens with zero attached hydrogens (tertiary/aromatic N) is 1. The summed E-state index contributed by atoms with van der Waals surface area (Å²) >= 11 is 0. The molecule has 2 heteroatoms. The molecule has 3 atom stereocenters. The van der Waals surface area contributed by atoms with E-state index >= 15 is 0 Å². The summed E-state index contributed by atoms with van der Waals surface area (Å²) in [6.45, 7) is 16.6. The minimum absolute atomic E-state index is 0.0422. The molecule has 0 aromatic heterocycles. The van der Waals surface area contributed by atoms with Gasteiger partial charge in [-0.3, -0.25) is 0 Å². The standard InChI is InChI=1S/C40H43NO/c1-8-27-19-25(2)21-31-33(27)40(23-38(31,4)5)24-39(6,7)32-22-26(3)20-30(34(32)40)37-41-35(28-15-11-9-12-16-28)36(42-37)29-17-13-10-14-18-29/h9-22,35-36H,8,23-24H2,1-7H3/t35-,36-,40-/m0/s1. The third kappa shape index (κ3) is 4.02. The third-order valence-electron chi connectivity index (χ3n) is 10.2. The molecule has 1 aliphatic heterocycles. The van der Waals surface area contributed by atoms with Crippen molar-refractivity contribution in [2.24, 2.45) is 4.99 Å². The van der Waals surface area contributed by atoms with Crippen molar-refractivity contribution in [1.82, 2.24) is 0 Å². The van der Waals surface area contributed by atoms with E-state index in [9.17, 15) is 0 Å². The highest BCUT2D eigenvalue weighted by atomic mass is 16.5. The van der Waals surface area contributed by atoms with Gasteiger partial charge in [-0.15, -0.1) is 0 Å². The fourth-order valence-electron chi connectivity index (χ4n) is 8.82. The Morgan fingerprint density at radius 2 is 1.26 bits per heavy atom. The summed E-state index contributed by atoms with van der Waals surface area (Å²) in [7, 11) is 0. The summed E-state index contributed by atoms with van der Waals surface area (Å²) in [6, 6.07) is 31.0. The highest BCUT2D eigenvalue weighted by Gasteiger charge is 2.58. The summed E-state index contributed by atoms with van der Waals surface area (Å²) in [5.41, 5.74) is 13.8. The van der Waals surface area contributed by atoms with Crippen LogP contribution < -0.4 is 0 Å². The predicted molar refractivity (Wildman–Crippen MR) is 174 cm³/mol. The lowest BCUT2D eigenvalue weighted by Gasteiger charge is -2.33. The first kappa shape index (κ1) is 27.2. The van der Waals surface area contributed by atoms with Crippen LogP contribution in [-0.4, -0.2) is 5.90 Å². The van der Waals surface area contributed by atoms with Crippen LogP contribution in [0.2, 0.25) is 0 Å². The summed E-state index contributed by atoms with van der Waals surface area (Å²) in [5.74, 6) is 0.797. The Morgan fingerprint density at radius 3 is 1.86 bits per heavy atom. The molecular formula is C40H43NO. The maximum atomic E-state index is 7.02. The maximum absolute atomic E-state index is 7.02. The molecule has 0 amide bonds. The van der Waals surface area contributed by atoms with Gasteiger partial charge in [0.1, 0.15) is 6.04 Å². The van der Waals surface area contributed by atoms with Crippen molar-refractivity contribution in [1.29, 1.82) is 0 Å². The van der Waals surface area contributed by atoms with E-state index in [1.54, 1.807) is 5.56 Å². The van der Waals surface area contributed by atoms with E-state index in [-0.39, 0.29) is 28.4 Å². The van der Waals surface area contributed by atoms with Crippen LogP contribution in [0.25, 0.3) is 0 Å². The first-order chi connectivity index (χ1) is 20.0. The lowest BCUT2D eigenvalue weighted by Crippen LogP contribution is -2.29. The molecule has 0 saturated heterocycles. The quantitative estimate of drug-likeness (QED) is 0.246. The number of hydrogen-bond acceptors (Lipinski definition) is 2. The average Bonchev–Trinajstić information content (AvgIpc) is 3.57. The molecule has 0 unspecified atom stereocenters. The molecule has 2 aliphatic carbocycles. The van der Waals surface area contributed by atoms with Crippen LogP contribution in [0.5, 0.6) is 0 Å². The van der Waals surface area contributed by atoms with E-state index in [1.165, 1.54) is 50.1 Å². The van der Waals surface area contributed by atoms with Gasteiger partial charge in [0.15, 0.2) is 6.10 Å². The van der Waals surface area contributed by atoms with Crippen molar-refractivity contribution in [3.63, 3.8) is 0 Å². The summed E-state index contributed by atoms with van der Waals surface area (Å²) in [6.07, 6.45) is 3.10. The normalized spacial score (nSPS) is 24.8. The molecule has 4 aromatic rings. The molecule has 3 aliphatic rings. The van der Waals surface area contributed by atoms with E-state index < -0.39 is 0 Å². The molecule has 214 valence electrons. The number of fused-ring (bicyclic) bond motifs is 4. The number of aryl methyl sites for hydroxylation is 3. The van der Waals surface area contributed by atoms with Gasteiger partial charge in [0, 0.05) is 11.0 Å². The van der Waals surface area contributed by atoms with Gasteiger partial charge >= 0.3 is 0 Å². The van der Waals surface area contributed by atoms with E-state index in [4.69, 9.17) is 9.73 Å². The van der Waals surface area contributed by atoms with Crippen molar-refractivity contribution < 1.29 is 4.74 Å². The fraction of sp³-hybridized carbons (Fsp3) is 0.375. The molecule has 0 fully saturated rings. The molecule has 42 heavy (non-hydrogen) atoms. The van der Waals surface area contributed by atoms with Gasteiger partial charge in [-0.05, 0) is 89.0 Å². The molecule has 2 nitrogen and oxygen atoms in total. The van der Waals surface area contributed by atoms with E-state index in [2.05, 4.69) is 133 Å². The Balaban J connectivity index is 1.48. The molecule has 1 spiro atoms. The van der Waals surface area contributed by atoms with Crippen molar-refractivity contribution >= 4 is 5.90 Å². The maximum Gasteiger partial charge on any atom is 0.217 e. The smallest absolute Gasteiger partial charge is 0.217 e. The SMILES string of the molecule is CCc1cc(C)cc2c1[C@]1(CC2(C)C)CC(C)(C)c2cc(C)cc(C3=N[C@@H](c4ccccc4)[C@H](c4ccccc4)O3)c21. The molecule has 0 radical (unpaired) electrons. The van der Waals surface area contributed by atoms with E-state index in [1.807, 2.05) is 0 Å². The van der Waals surface area contributed by atoms with Gasteiger partial charge in [0.2, 0.25) is 5.90 Å². The third-order valence-corrected chi connectivity index (χ3v) is 10.2. The van der Waals surface area contributed by atoms with Gasteiger partial charge in [-0.2, -0.15) is 0 Å². The van der Waals surface area contributed by atoms with Gasteiger partial charge in [0.05, 0.1) is 0 Å². The number of rotatable bonds is 4. The molecule has 0 N–H and O–H groups in total. The zero-order valence-corrected chi connectivity index (χ0v) is 26.2. The Kier molecular flexibility index (Phi) is 6.11. The van der Waals surface area contributed by atoms with Crippen molar-refractivity contribution in [3.05, 3.63) is 141 Å². The topological polar surface area (TPSA) is 21.6 Å². The van der Waals surface area contributed by atoms with Crippen molar-refractivity contribution in [2.45, 2.75) is 96.1 Å². The predicted octanol–water partition coefficient (Wildman–Crippen LogP) is 9.77. The molecule has 1 heterocycles. The molecule has 0 saturated carbocycles. The fourth-order valence-corrected chi connectivity index (χ4v) is 8.82. The number of hydrogen-bond donors (Lipinski definition) is 0. The molecule has 7 rings (SSSR count). The second-order valence-corrected chi connectivity index (χ2v) is 14.4. The minimum atomic E-state index is -0.161. The summed E-state index contributed by atoms with van der Waals surface area (Å²) in [4.78, 5) is 5.45. The second-order valence-electron chi connectivity index (χ2n) is 14.4. The zero-order chi connectivity index (χ0) is 29.4. The Labute approximate surface area is 251 Å². The highest BCUT2D eigenvalue weighted by Crippen LogP contribution is 2.64. The van der Waals surface area contributed by atoms with Crippen LogP contribution in [-0.2, 0) is 27.4 Å². The van der Waals surface area contributed by atoms with Gasteiger partial charge in [-0.1, -0.05) is 125 Å². The Hall–Kier alpha value is -3.65. The molecule has 0 bridgehead atoms. The number of ether oxygens (including phenoxy) is 1. The molecular weight excluding hydrogens is 510 g/mol. The van der Waals surface area contributed by atoms with E-state index in [0.717, 1.165) is 25.2 Å². The lowest BCUT2D eigenvalue weighted by molar-refractivity contribution is 0.197. The number of aliphatic imine (C=N–C) groups is 1. The Morgan fingerprint density at radius 1 is 0.714 bits per heavy atom. The van der Waals surface area contributed by atoms with Crippen molar-refractivity contribution in [3.8, 4) is 0 Å². The average molecular weight is 554 g/mol. The van der Waals surface area contributed by atoms with Crippen LogP contribution in [0.3, 0.4) is 0 Å². The van der Waals surface area contributed by atoms with Crippen molar-refractivity contribution in [2.75, 3.05) is 0 Å². The van der Waals surface area contributed by atoms with E-state index in [0.29, 0.717) is 0 Å². The number of benzene rings is 4. The van der Waals surface area contributed by atoms with Crippen LogP contribution >= 0.6 is 0 Å².